The first-order valence-electron chi connectivity index (χ1n) is 17.8. The number of halogens is 2. The van der Waals surface area contributed by atoms with E-state index >= 15 is 0 Å². The molecule has 9 nitrogen and oxygen atoms in total. The number of nitrogens with zero attached hydrogens (tertiary/aromatic N) is 6. The van der Waals surface area contributed by atoms with E-state index in [1.165, 1.54) is 5.56 Å². The number of hydrogen-bond acceptors (Lipinski definition) is 11. The molecule has 0 unspecified atom stereocenters. The van der Waals surface area contributed by atoms with Crippen LogP contribution < -0.4 is 14.5 Å². The summed E-state index contributed by atoms with van der Waals surface area (Å²) in [7, 11) is 1.64. The van der Waals surface area contributed by atoms with E-state index in [9.17, 15) is 5.11 Å². The van der Waals surface area contributed by atoms with Gasteiger partial charge in [0.2, 0.25) is 0 Å². The topological polar surface area (TPSA) is 77.4 Å². The average molecular weight is 792 g/mol. The SMILES string of the molecule is COCOc1cc(CN2CCN(c3nc4ccc(Cl)cc4s3)CC2)ccc1C.Cc1ccc(CN2CCN(c3nc4ccc(Cl)cc4s3)CC2)cc1O. The zero-order chi connectivity index (χ0) is 36.9. The van der Waals surface area contributed by atoms with Crippen molar-refractivity contribution < 1.29 is 14.6 Å². The smallest absolute Gasteiger partial charge is 0.188 e. The molecule has 0 spiro atoms. The average Bonchev–Trinajstić information content (AvgIpc) is 3.78. The number of ether oxygens (including phenoxy) is 2. The highest BCUT2D eigenvalue weighted by Crippen LogP contribution is 2.33. The van der Waals surface area contributed by atoms with Crippen LogP contribution in [0.5, 0.6) is 11.5 Å². The van der Waals surface area contributed by atoms with E-state index in [0.717, 1.165) is 129 Å². The van der Waals surface area contributed by atoms with Crippen LogP contribution in [-0.4, -0.2) is 91.1 Å². The van der Waals surface area contributed by atoms with Crippen LogP contribution in [0.15, 0.2) is 72.8 Å². The van der Waals surface area contributed by atoms with Crippen molar-refractivity contribution in [2.75, 3.05) is 76.1 Å². The van der Waals surface area contributed by atoms with Gasteiger partial charge in [0.1, 0.15) is 11.5 Å². The molecule has 2 aliphatic heterocycles. The zero-order valence-electron chi connectivity index (χ0n) is 30.2. The Bertz CT molecular complexity index is 2160. The maximum Gasteiger partial charge on any atom is 0.188 e. The van der Waals surface area contributed by atoms with Crippen LogP contribution in [0.2, 0.25) is 10.0 Å². The number of aromatic nitrogens is 2. The largest absolute Gasteiger partial charge is 0.508 e. The highest BCUT2D eigenvalue weighted by atomic mass is 35.5. The van der Waals surface area contributed by atoms with Crippen molar-refractivity contribution >= 4 is 76.6 Å². The van der Waals surface area contributed by atoms with Crippen LogP contribution in [-0.2, 0) is 17.8 Å². The van der Waals surface area contributed by atoms with E-state index < -0.39 is 0 Å². The molecule has 0 bridgehead atoms. The molecule has 0 saturated carbocycles. The van der Waals surface area contributed by atoms with Gasteiger partial charge in [-0.3, -0.25) is 9.80 Å². The predicted molar refractivity (Wildman–Crippen MR) is 221 cm³/mol. The Morgan fingerprint density at radius 3 is 1.62 bits per heavy atom. The normalized spacial score (nSPS) is 15.6. The number of hydrogen-bond donors (Lipinski definition) is 1. The Kier molecular flexibility index (Phi) is 12.2. The van der Waals surface area contributed by atoms with Gasteiger partial charge in [0.15, 0.2) is 17.1 Å². The van der Waals surface area contributed by atoms with E-state index in [-0.39, 0.29) is 6.79 Å². The first-order chi connectivity index (χ1) is 25.7. The lowest BCUT2D eigenvalue weighted by Gasteiger charge is -2.34. The summed E-state index contributed by atoms with van der Waals surface area (Å²) in [5, 5.41) is 13.5. The molecule has 53 heavy (non-hydrogen) atoms. The third kappa shape index (κ3) is 9.53. The van der Waals surface area contributed by atoms with Gasteiger partial charge >= 0.3 is 0 Å². The Hall–Kier alpha value is -3.68. The Morgan fingerprint density at radius 1 is 0.642 bits per heavy atom. The van der Waals surface area contributed by atoms with Crippen molar-refractivity contribution in [1.82, 2.24) is 19.8 Å². The highest BCUT2D eigenvalue weighted by molar-refractivity contribution is 7.22. The lowest BCUT2D eigenvalue weighted by atomic mass is 10.1. The van der Waals surface area contributed by atoms with Crippen molar-refractivity contribution in [2.24, 2.45) is 0 Å². The van der Waals surface area contributed by atoms with Crippen molar-refractivity contribution in [3.8, 4) is 11.5 Å². The number of thiazole rings is 2. The van der Waals surface area contributed by atoms with Gasteiger partial charge < -0.3 is 24.4 Å². The fourth-order valence-electron chi connectivity index (χ4n) is 6.53. The monoisotopic (exact) mass is 790 g/mol. The molecule has 2 saturated heterocycles. The third-order valence-corrected chi connectivity index (χ3v) is 12.3. The van der Waals surface area contributed by atoms with Crippen LogP contribution in [0.4, 0.5) is 10.3 Å². The van der Waals surface area contributed by atoms with Crippen molar-refractivity contribution in [3.63, 3.8) is 0 Å². The number of phenolic OH excluding ortho intramolecular Hbond substituents is 1. The van der Waals surface area contributed by atoms with Crippen LogP contribution in [0.25, 0.3) is 20.4 Å². The number of methoxy groups -OCH3 is 1. The number of rotatable bonds is 9. The van der Waals surface area contributed by atoms with Crippen molar-refractivity contribution in [3.05, 3.63) is 105 Å². The molecule has 8 rings (SSSR count). The second-order valence-corrected chi connectivity index (χ2v) is 16.4. The van der Waals surface area contributed by atoms with Gasteiger partial charge in [-0.05, 0) is 84.6 Å². The molecule has 2 aromatic heterocycles. The molecule has 2 aliphatic rings. The fraction of sp³-hybridized carbons (Fsp3) is 0.350. The lowest BCUT2D eigenvalue weighted by molar-refractivity contribution is 0.0505. The van der Waals surface area contributed by atoms with Crippen LogP contribution in [0.1, 0.15) is 22.3 Å². The first kappa shape index (κ1) is 37.6. The third-order valence-electron chi connectivity index (χ3n) is 9.63. The minimum absolute atomic E-state index is 0.274. The first-order valence-corrected chi connectivity index (χ1v) is 20.2. The van der Waals surface area contributed by atoms with E-state index in [1.807, 2.05) is 55.5 Å². The van der Waals surface area contributed by atoms with Gasteiger partial charge in [-0.25, -0.2) is 9.97 Å². The Labute approximate surface area is 328 Å². The minimum atomic E-state index is 0.274. The van der Waals surface area contributed by atoms with Crippen molar-refractivity contribution in [2.45, 2.75) is 26.9 Å². The summed E-state index contributed by atoms with van der Waals surface area (Å²) < 4.78 is 13.0. The lowest BCUT2D eigenvalue weighted by Crippen LogP contribution is -2.45. The maximum atomic E-state index is 9.87. The number of benzene rings is 4. The summed E-state index contributed by atoms with van der Waals surface area (Å²) >= 11 is 15.6. The van der Waals surface area contributed by atoms with Gasteiger partial charge in [-0.2, -0.15) is 0 Å². The second kappa shape index (κ2) is 17.2. The Balaban J connectivity index is 0.000000165. The summed E-state index contributed by atoms with van der Waals surface area (Å²) in [5.41, 5.74) is 6.51. The molecule has 1 N–H and O–H groups in total. The maximum absolute atomic E-state index is 9.87. The van der Waals surface area contributed by atoms with Gasteiger partial charge in [-0.1, -0.05) is 70.1 Å². The number of anilines is 2. The molecular formula is C40H44Cl2N6O3S2. The number of piperazine rings is 2. The number of aromatic hydroxyl groups is 1. The van der Waals surface area contributed by atoms with E-state index in [0.29, 0.717) is 5.75 Å². The van der Waals surface area contributed by atoms with Crippen LogP contribution >= 0.6 is 45.9 Å². The van der Waals surface area contributed by atoms with Gasteiger partial charge in [0.05, 0.1) is 20.4 Å². The van der Waals surface area contributed by atoms with Gasteiger partial charge in [0, 0.05) is 82.6 Å². The van der Waals surface area contributed by atoms with Crippen LogP contribution in [0, 0.1) is 13.8 Å². The van der Waals surface area contributed by atoms with Crippen molar-refractivity contribution in [1.29, 1.82) is 0 Å². The molecule has 6 aromatic rings. The number of aryl methyl sites for hydroxylation is 2. The summed E-state index contributed by atoms with van der Waals surface area (Å²) in [4.78, 5) is 19.1. The van der Waals surface area contributed by atoms with Gasteiger partial charge in [-0.15, -0.1) is 0 Å². The summed E-state index contributed by atoms with van der Waals surface area (Å²) in [6, 6.07) is 24.1. The number of fused-ring (bicyclic) bond motifs is 2. The molecule has 278 valence electrons. The molecule has 4 heterocycles. The quantitative estimate of drug-likeness (QED) is 0.145. The van der Waals surface area contributed by atoms with E-state index in [2.05, 4.69) is 50.8 Å². The predicted octanol–water partition coefficient (Wildman–Crippen LogP) is 8.85. The second-order valence-electron chi connectivity index (χ2n) is 13.5. The number of phenols is 1. The van der Waals surface area contributed by atoms with E-state index in [1.54, 1.807) is 29.8 Å². The highest BCUT2D eigenvalue weighted by Gasteiger charge is 2.22. The molecule has 0 atom stereocenters. The summed E-state index contributed by atoms with van der Waals surface area (Å²) in [5.74, 6) is 1.27. The summed E-state index contributed by atoms with van der Waals surface area (Å²) in [6.45, 7) is 13.9. The fourth-order valence-corrected chi connectivity index (χ4v) is 9.11. The van der Waals surface area contributed by atoms with Crippen LogP contribution in [0.3, 0.4) is 0 Å². The van der Waals surface area contributed by atoms with E-state index in [4.69, 9.17) is 42.6 Å². The molecular weight excluding hydrogens is 748 g/mol. The molecule has 0 amide bonds. The molecule has 13 heteroatoms. The molecule has 4 aromatic carbocycles. The standard InChI is InChI=1S/C21H24ClN3O2S.C19H20ClN3OS/c1-15-3-4-16(11-19(15)27-14-26-2)13-24-7-9-25(10-8-24)21-23-18-6-5-17(22)12-20(18)28-21;1-13-2-3-14(10-17(13)24)12-22-6-8-23(9-7-22)19-21-16-5-4-15(20)11-18(16)25-19/h3-6,11-12H,7-10,13-14H2,1-2H3;2-5,10-11,24H,6-9,12H2,1H3. The Morgan fingerprint density at radius 2 is 1.13 bits per heavy atom. The molecule has 2 fully saturated rings. The summed E-state index contributed by atoms with van der Waals surface area (Å²) in [6.07, 6.45) is 0. The zero-order valence-corrected chi connectivity index (χ0v) is 33.4. The van der Waals surface area contributed by atoms with Gasteiger partial charge in [0.25, 0.3) is 0 Å². The molecule has 0 radical (unpaired) electrons. The minimum Gasteiger partial charge on any atom is -0.508 e. The molecule has 0 aliphatic carbocycles.